The minimum Gasteiger partial charge on any atom is -0.495 e. The topological polar surface area (TPSA) is 79.5 Å². The van der Waals surface area contributed by atoms with Crippen molar-refractivity contribution in [2.24, 2.45) is 0 Å². The molecule has 27 heavy (non-hydrogen) atoms. The van der Waals surface area contributed by atoms with E-state index in [2.05, 4.69) is 16.0 Å². The molecule has 138 valence electrons. The highest BCUT2D eigenvalue weighted by Gasteiger charge is 2.14. The van der Waals surface area contributed by atoms with Gasteiger partial charge in [-0.3, -0.25) is 10.1 Å². The number of hydrogen-bond donors (Lipinski definition) is 3. The molecular formula is C19H16ClN3O3S. The highest BCUT2D eigenvalue weighted by molar-refractivity contribution is 7.18. The number of thiophene rings is 1. The van der Waals surface area contributed by atoms with Crippen LogP contribution >= 0.6 is 22.9 Å². The fourth-order valence-corrected chi connectivity index (χ4v) is 3.25. The second-order valence-electron chi connectivity index (χ2n) is 5.41. The molecule has 3 amide bonds. The van der Waals surface area contributed by atoms with Crippen molar-refractivity contribution < 1.29 is 14.3 Å². The third kappa shape index (κ3) is 4.99. The SMILES string of the molecule is COc1ccc(Cl)cc1NC(=O)c1ccc(NC(=O)Nc2ccccc2)s1. The van der Waals surface area contributed by atoms with Crippen LogP contribution in [-0.4, -0.2) is 19.0 Å². The van der Waals surface area contributed by atoms with Crippen molar-refractivity contribution in [2.45, 2.75) is 0 Å². The second-order valence-corrected chi connectivity index (χ2v) is 6.93. The molecule has 8 heteroatoms. The van der Waals surface area contributed by atoms with Gasteiger partial charge in [0.1, 0.15) is 5.75 Å². The summed E-state index contributed by atoms with van der Waals surface area (Å²) < 4.78 is 5.22. The van der Waals surface area contributed by atoms with Crippen LogP contribution in [0, 0.1) is 0 Å². The van der Waals surface area contributed by atoms with Crippen LogP contribution in [0.15, 0.2) is 60.7 Å². The molecule has 0 fully saturated rings. The van der Waals surface area contributed by atoms with E-state index < -0.39 is 0 Å². The van der Waals surface area contributed by atoms with Gasteiger partial charge in [0.25, 0.3) is 5.91 Å². The van der Waals surface area contributed by atoms with Crippen molar-refractivity contribution in [3.8, 4) is 5.75 Å². The van der Waals surface area contributed by atoms with Gasteiger partial charge in [0, 0.05) is 10.7 Å². The predicted molar refractivity (Wildman–Crippen MR) is 109 cm³/mol. The molecule has 0 unspecified atom stereocenters. The molecule has 0 radical (unpaired) electrons. The van der Waals surface area contributed by atoms with Crippen molar-refractivity contribution in [2.75, 3.05) is 23.1 Å². The summed E-state index contributed by atoms with van der Waals surface area (Å²) in [5.74, 6) is 0.182. The molecule has 6 nitrogen and oxygen atoms in total. The highest BCUT2D eigenvalue weighted by atomic mass is 35.5. The van der Waals surface area contributed by atoms with E-state index >= 15 is 0 Å². The Balaban J connectivity index is 1.64. The van der Waals surface area contributed by atoms with Gasteiger partial charge in [0.05, 0.1) is 22.7 Å². The summed E-state index contributed by atoms with van der Waals surface area (Å²) in [7, 11) is 1.51. The average molecular weight is 402 g/mol. The number of halogens is 1. The largest absolute Gasteiger partial charge is 0.495 e. The molecule has 1 heterocycles. The summed E-state index contributed by atoms with van der Waals surface area (Å²) in [6, 6.07) is 17.0. The summed E-state index contributed by atoms with van der Waals surface area (Å²) in [6.45, 7) is 0. The lowest BCUT2D eigenvalue weighted by Crippen LogP contribution is -2.18. The third-order valence-corrected chi connectivity index (χ3v) is 4.74. The highest BCUT2D eigenvalue weighted by Crippen LogP contribution is 2.29. The molecule has 0 aliphatic rings. The number of para-hydroxylation sites is 1. The van der Waals surface area contributed by atoms with Gasteiger partial charge >= 0.3 is 6.03 Å². The van der Waals surface area contributed by atoms with E-state index in [1.54, 1.807) is 42.5 Å². The van der Waals surface area contributed by atoms with Crippen LogP contribution < -0.4 is 20.7 Å². The fraction of sp³-hybridized carbons (Fsp3) is 0.0526. The first kappa shape index (κ1) is 18.8. The molecule has 3 aromatic rings. The number of methoxy groups -OCH3 is 1. The van der Waals surface area contributed by atoms with Gasteiger partial charge in [-0.2, -0.15) is 0 Å². The molecule has 2 aromatic carbocycles. The Morgan fingerprint density at radius 1 is 0.963 bits per heavy atom. The van der Waals surface area contributed by atoms with E-state index in [0.717, 1.165) is 11.3 Å². The summed E-state index contributed by atoms with van der Waals surface area (Å²) in [5.41, 5.74) is 1.15. The van der Waals surface area contributed by atoms with Crippen LogP contribution in [0.3, 0.4) is 0 Å². The standard InChI is InChI=1S/C19H16ClN3O3S/c1-26-15-8-7-12(20)11-14(15)22-18(24)16-9-10-17(27-16)23-19(25)21-13-5-3-2-4-6-13/h2-11H,1H3,(H,22,24)(H2,21,23,25). The summed E-state index contributed by atoms with van der Waals surface area (Å²) in [6.07, 6.45) is 0. The molecular weight excluding hydrogens is 386 g/mol. The Bertz CT molecular complexity index is 960. The summed E-state index contributed by atoms with van der Waals surface area (Å²) >= 11 is 7.13. The zero-order chi connectivity index (χ0) is 19.2. The van der Waals surface area contributed by atoms with Crippen LogP contribution in [0.5, 0.6) is 5.75 Å². The van der Waals surface area contributed by atoms with E-state index in [4.69, 9.17) is 16.3 Å². The molecule has 0 bridgehead atoms. The lowest BCUT2D eigenvalue weighted by molar-refractivity contribution is 0.103. The number of hydrogen-bond acceptors (Lipinski definition) is 4. The minimum absolute atomic E-state index is 0.322. The molecule has 0 spiro atoms. The molecule has 3 rings (SSSR count). The molecule has 3 N–H and O–H groups in total. The smallest absolute Gasteiger partial charge is 0.324 e. The number of nitrogens with one attached hydrogen (secondary N) is 3. The van der Waals surface area contributed by atoms with Gasteiger partial charge < -0.3 is 15.4 Å². The molecule has 0 saturated carbocycles. The van der Waals surface area contributed by atoms with E-state index in [9.17, 15) is 9.59 Å². The first-order valence-corrected chi connectivity index (χ1v) is 9.12. The van der Waals surface area contributed by atoms with Gasteiger partial charge in [-0.25, -0.2) is 4.79 Å². The Hall–Kier alpha value is -3.03. The van der Waals surface area contributed by atoms with Crippen LogP contribution in [-0.2, 0) is 0 Å². The van der Waals surface area contributed by atoms with Gasteiger partial charge in [-0.05, 0) is 42.5 Å². The van der Waals surface area contributed by atoms with E-state index in [1.165, 1.54) is 7.11 Å². The maximum atomic E-state index is 12.5. The molecule has 0 saturated heterocycles. The molecule has 0 atom stereocenters. The zero-order valence-corrected chi connectivity index (χ0v) is 15.9. The van der Waals surface area contributed by atoms with Gasteiger partial charge in [0.15, 0.2) is 0 Å². The Morgan fingerprint density at radius 3 is 2.48 bits per heavy atom. The number of carbonyl (C=O) groups is 2. The number of urea groups is 1. The first-order valence-electron chi connectivity index (χ1n) is 7.93. The van der Waals surface area contributed by atoms with Gasteiger partial charge in [-0.15, -0.1) is 11.3 Å². The first-order chi connectivity index (χ1) is 13.0. The maximum Gasteiger partial charge on any atom is 0.324 e. The fourth-order valence-electron chi connectivity index (χ4n) is 2.28. The van der Waals surface area contributed by atoms with E-state index in [-0.39, 0.29) is 11.9 Å². The summed E-state index contributed by atoms with van der Waals surface area (Å²) in [5, 5.41) is 9.21. The lowest BCUT2D eigenvalue weighted by Gasteiger charge is -2.09. The van der Waals surface area contributed by atoms with Crippen molar-refractivity contribution in [1.29, 1.82) is 0 Å². The number of ether oxygens (including phenoxy) is 1. The maximum absolute atomic E-state index is 12.5. The van der Waals surface area contributed by atoms with E-state index in [0.29, 0.717) is 32.0 Å². The van der Waals surface area contributed by atoms with Crippen molar-refractivity contribution >= 4 is 51.3 Å². The average Bonchev–Trinajstić information content (AvgIpc) is 3.11. The lowest BCUT2D eigenvalue weighted by atomic mass is 10.3. The molecule has 1 aromatic heterocycles. The number of benzene rings is 2. The Kier molecular flexibility index (Phi) is 5.95. The second kappa shape index (κ2) is 8.57. The zero-order valence-electron chi connectivity index (χ0n) is 14.3. The predicted octanol–water partition coefficient (Wildman–Crippen LogP) is 5.31. The van der Waals surface area contributed by atoms with Gasteiger partial charge in [-0.1, -0.05) is 29.8 Å². The van der Waals surface area contributed by atoms with Crippen LogP contribution in [0.4, 0.5) is 21.2 Å². The quantitative estimate of drug-likeness (QED) is 0.542. The molecule has 0 aliphatic carbocycles. The summed E-state index contributed by atoms with van der Waals surface area (Å²) in [4.78, 5) is 24.9. The van der Waals surface area contributed by atoms with Gasteiger partial charge in [0.2, 0.25) is 0 Å². The Labute approximate surface area is 165 Å². The molecule has 0 aliphatic heterocycles. The van der Waals surface area contributed by atoms with Crippen molar-refractivity contribution in [3.63, 3.8) is 0 Å². The van der Waals surface area contributed by atoms with E-state index in [1.807, 2.05) is 18.2 Å². The number of anilines is 3. The van der Waals surface area contributed by atoms with Crippen molar-refractivity contribution in [3.05, 3.63) is 70.6 Å². The minimum atomic E-state index is -0.383. The van der Waals surface area contributed by atoms with Crippen LogP contribution in [0.1, 0.15) is 9.67 Å². The number of carbonyl (C=O) groups excluding carboxylic acids is 2. The monoisotopic (exact) mass is 401 g/mol. The third-order valence-electron chi connectivity index (χ3n) is 3.51. The van der Waals surface area contributed by atoms with Crippen LogP contribution in [0.2, 0.25) is 5.02 Å². The number of amides is 3. The Morgan fingerprint density at radius 2 is 1.74 bits per heavy atom. The number of rotatable bonds is 5. The van der Waals surface area contributed by atoms with Crippen LogP contribution in [0.25, 0.3) is 0 Å². The van der Waals surface area contributed by atoms with Crippen molar-refractivity contribution in [1.82, 2.24) is 0 Å². The normalized spacial score (nSPS) is 10.1.